The van der Waals surface area contributed by atoms with Crippen molar-refractivity contribution in [3.05, 3.63) is 29.8 Å². The van der Waals surface area contributed by atoms with Crippen LogP contribution in [0.25, 0.3) is 0 Å². The van der Waals surface area contributed by atoms with Gasteiger partial charge in [-0.1, -0.05) is 6.92 Å². The van der Waals surface area contributed by atoms with Crippen molar-refractivity contribution >= 4 is 15.9 Å². The third-order valence-corrected chi connectivity index (χ3v) is 6.28. The fourth-order valence-electron chi connectivity index (χ4n) is 3.24. The Balaban J connectivity index is 1.98. The van der Waals surface area contributed by atoms with Crippen LogP contribution >= 0.6 is 0 Å². The number of amides is 1. The first-order chi connectivity index (χ1) is 12.5. The molecule has 1 aromatic carbocycles. The summed E-state index contributed by atoms with van der Waals surface area (Å²) >= 11 is 0. The van der Waals surface area contributed by atoms with E-state index in [4.69, 9.17) is 4.74 Å². The zero-order chi connectivity index (χ0) is 20.2. The number of ether oxygens (including phenoxy) is 1. The molecule has 7 nitrogen and oxygen atoms in total. The molecule has 8 heteroatoms. The lowest BCUT2D eigenvalue weighted by Crippen LogP contribution is -2.58. The molecular weight excluding hydrogens is 366 g/mol. The van der Waals surface area contributed by atoms with Gasteiger partial charge >= 0.3 is 0 Å². The third-order valence-electron chi connectivity index (χ3n) is 4.72. The van der Waals surface area contributed by atoms with Gasteiger partial charge in [0.15, 0.2) is 0 Å². The van der Waals surface area contributed by atoms with Crippen molar-refractivity contribution in [1.82, 2.24) is 14.9 Å². The molecule has 0 saturated carbocycles. The van der Waals surface area contributed by atoms with Gasteiger partial charge in [-0.3, -0.25) is 9.69 Å². The largest absolute Gasteiger partial charge is 0.373 e. The summed E-state index contributed by atoms with van der Waals surface area (Å²) in [5.74, 6) is -0.218. The van der Waals surface area contributed by atoms with Crippen LogP contribution in [0.15, 0.2) is 29.2 Å². The van der Waals surface area contributed by atoms with Crippen LogP contribution in [-0.4, -0.2) is 63.2 Å². The zero-order valence-corrected chi connectivity index (χ0v) is 17.6. The van der Waals surface area contributed by atoms with Crippen molar-refractivity contribution in [2.45, 2.75) is 57.3 Å². The average Bonchev–Trinajstić information content (AvgIpc) is 2.59. The molecule has 2 N–H and O–H groups in total. The number of carbonyl (C=O) groups excluding carboxylic acids is 1. The number of rotatable bonds is 7. The number of hydrogen-bond acceptors (Lipinski definition) is 5. The Kier molecular flexibility index (Phi) is 7.02. The number of hydrogen-bond donors (Lipinski definition) is 2. The number of nitrogens with one attached hydrogen (secondary N) is 2. The lowest BCUT2D eigenvalue weighted by molar-refractivity contribution is -0.0948. The van der Waals surface area contributed by atoms with Crippen LogP contribution < -0.4 is 10.0 Å². The molecule has 1 amide bonds. The van der Waals surface area contributed by atoms with Crippen molar-refractivity contribution in [1.29, 1.82) is 0 Å². The first-order valence-electron chi connectivity index (χ1n) is 9.33. The van der Waals surface area contributed by atoms with E-state index in [1.54, 1.807) is 6.92 Å². The molecule has 1 aliphatic rings. The minimum absolute atomic E-state index is 0.150. The van der Waals surface area contributed by atoms with Gasteiger partial charge in [-0.2, -0.15) is 0 Å². The molecule has 0 bridgehead atoms. The normalized spacial score (nSPS) is 21.8. The molecule has 0 spiro atoms. The van der Waals surface area contributed by atoms with Gasteiger partial charge in [0.25, 0.3) is 5.91 Å². The van der Waals surface area contributed by atoms with Crippen LogP contribution in [0.5, 0.6) is 0 Å². The van der Waals surface area contributed by atoms with Gasteiger partial charge in [0, 0.05) is 37.3 Å². The third kappa shape index (κ3) is 5.75. The summed E-state index contributed by atoms with van der Waals surface area (Å²) in [5, 5.41) is 2.96. The Bertz CT molecular complexity index is 737. The number of nitrogens with zero attached hydrogens (tertiary/aromatic N) is 1. The maximum absolute atomic E-state index is 12.5. The van der Waals surface area contributed by atoms with Crippen LogP contribution in [0.4, 0.5) is 0 Å². The number of sulfonamides is 1. The minimum atomic E-state index is -3.51. The van der Waals surface area contributed by atoms with Crippen LogP contribution in [0.3, 0.4) is 0 Å². The van der Waals surface area contributed by atoms with E-state index < -0.39 is 10.0 Å². The zero-order valence-electron chi connectivity index (χ0n) is 16.8. The maximum Gasteiger partial charge on any atom is 0.251 e. The van der Waals surface area contributed by atoms with Gasteiger partial charge in [-0.25, -0.2) is 13.1 Å². The monoisotopic (exact) mass is 397 g/mol. The number of carbonyl (C=O) groups is 1. The summed E-state index contributed by atoms with van der Waals surface area (Å²) in [6.07, 6.45) is 0.324. The Hall–Kier alpha value is -1.48. The van der Waals surface area contributed by atoms with E-state index in [-0.39, 0.29) is 28.5 Å². The van der Waals surface area contributed by atoms with Crippen LogP contribution in [0.1, 0.15) is 45.0 Å². The molecule has 0 aromatic heterocycles. The summed E-state index contributed by atoms with van der Waals surface area (Å²) in [6, 6.07) is 5.96. The Morgan fingerprint density at radius 3 is 2.26 bits per heavy atom. The second-order valence-electron chi connectivity index (χ2n) is 7.68. The summed E-state index contributed by atoms with van der Waals surface area (Å²) in [4.78, 5) is 15.0. The molecule has 1 aromatic rings. The molecule has 0 unspecified atom stereocenters. The smallest absolute Gasteiger partial charge is 0.251 e. The van der Waals surface area contributed by atoms with Gasteiger partial charge in [-0.15, -0.1) is 0 Å². The minimum Gasteiger partial charge on any atom is -0.373 e. The molecule has 1 saturated heterocycles. The average molecular weight is 398 g/mol. The summed E-state index contributed by atoms with van der Waals surface area (Å²) in [6.45, 7) is 12.5. The van der Waals surface area contributed by atoms with Crippen molar-refractivity contribution < 1.29 is 17.9 Å². The Morgan fingerprint density at radius 1 is 1.19 bits per heavy atom. The molecule has 0 aliphatic carbocycles. The molecule has 152 valence electrons. The van der Waals surface area contributed by atoms with E-state index in [0.29, 0.717) is 18.7 Å². The topological polar surface area (TPSA) is 87.7 Å². The van der Waals surface area contributed by atoms with Gasteiger partial charge in [-0.05, 0) is 52.0 Å². The summed E-state index contributed by atoms with van der Waals surface area (Å²) in [5.41, 5.74) is 0.223. The predicted molar refractivity (Wildman–Crippen MR) is 105 cm³/mol. The lowest BCUT2D eigenvalue weighted by atomic mass is 10.00. The first-order valence-corrected chi connectivity index (χ1v) is 10.8. The highest BCUT2D eigenvalue weighted by Gasteiger charge is 2.33. The maximum atomic E-state index is 12.5. The SMILES string of the molecule is CCNS(=O)(=O)c1ccc(C(=O)NCC(C)(C)N2C[C@H](C)O[C@@H](C)C2)cc1. The Labute approximate surface area is 162 Å². The number of morpholine rings is 1. The standard InChI is InChI=1S/C19H31N3O4S/c1-6-21-27(24,25)17-9-7-16(8-10-17)18(23)20-13-19(4,5)22-11-14(2)26-15(3)12-22/h7-10,14-15,21H,6,11-13H2,1-5H3,(H,20,23)/t14-,15-/m0/s1. The lowest BCUT2D eigenvalue weighted by Gasteiger charge is -2.45. The van der Waals surface area contributed by atoms with Gasteiger partial charge in [0.1, 0.15) is 0 Å². The van der Waals surface area contributed by atoms with E-state index in [1.807, 2.05) is 0 Å². The van der Waals surface area contributed by atoms with Crippen LogP contribution in [-0.2, 0) is 14.8 Å². The summed E-state index contributed by atoms with van der Waals surface area (Å²) in [7, 11) is -3.51. The predicted octanol–water partition coefficient (Wildman–Crippen LogP) is 1.60. The molecule has 1 aliphatic heterocycles. The molecule has 1 fully saturated rings. The first kappa shape index (κ1) is 21.8. The van der Waals surface area contributed by atoms with Crippen molar-refractivity contribution in [2.75, 3.05) is 26.2 Å². The second kappa shape index (κ2) is 8.68. The van der Waals surface area contributed by atoms with Gasteiger partial charge in [0.05, 0.1) is 17.1 Å². The van der Waals surface area contributed by atoms with E-state index in [1.165, 1.54) is 24.3 Å². The molecular formula is C19H31N3O4S. The quantitative estimate of drug-likeness (QED) is 0.730. The van der Waals surface area contributed by atoms with E-state index in [0.717, 1.165) is 13.1 Å². The highest BCUT2D eigenvalue weighted by molar-refractivity contribution is 7.89. The summed E-state index contributed by atoms with van der Waals surface area (Å²) < 4.78 is 32.2. The fourth-order valence-corrected chi connectivity index (χ4v) is 4.28. The van der Waals surface area contributed by atoms with E-state index in [9.17, 15) is 13.2 Å². The molecule has 2 atom stereocenters. The van der Waals surface area contributed by atoms with Crippen molar-refractivity contribution in [2.24, 2.45) is 0 Å². The fraction of sp³-hybridized carbons (Fsp3) is 0.632. The van der Waals surface area contributed by atoms with Crippen LogP contribution in [0, 0.1) is 0 Å². The van der Waals surface area contributed by atoms with E-state index >= 15 is 0 Å². The van der Waals surface area contributed by atoms with Gasteiger partial charge < -0.3 is 10.1 Å². The number of benzene rings is 1. The van der Waals surface area contributed by atoms with Crippen molar-refractivity contribution in [3.63, 3.8) is 0 Å². The Morgan fingerprint density at radius 2 is 1.74 bits per heavy atom. The highest BCUT2D eigenvalue weighted by atomic mass is 32.2. The van der Waals surface area contributed by atoms with Crippen molar-refractivity contribution in [3.8, 4) is 0 Å². The van der Waals surface area contributed by atoms with Gasteiger partial charge in [0.2, 0.25) is 10.0 Å². The molecule has 2 rings (SSSR count). The molecule has 1 heterocycles. The highest BCUT2D eigenvalue weighted by Crippen LogP contribution is 2.21. The molecule has 0 radical (unpaired) electrons. The van der Waals surface area contributed by atoms with Crippen LogP contribution in [0.2, 0.25) is 0 Å². The van der Waals surface area contributed by atoms with E-state index in [2.05, 4.69) is 42.6 Å². The molecule has 27 heavy (non-hydrogen) atoms. The second-order valence-corrected chi connectivity index (χ2v) is 9.45.